The van der Waals surface area contributed by atoms with Crippen LogP contribution in [0.15, 0.2) is 18.2 Å². The number of ether oxygens (including phenoxy) is 3. The van der Waals surface area contributed by atoms with Crippen LogP contribution in [0.2, 0.25) is 0 Å². The molecule has 0 aromatic heterocycles. The topological polar surface area (TPSA) is 61.8 Å². The maximum Gasteiger partial charge on any atom is 0.379 e. The Morgan fingerprint density at radius 3 is 2.82 bits per heavy atom. The molecule has 6 heteroatoms. The van der Waals surface area contributed by atoms with Gasteiger partial charge in [0.15, 0.2) is 11.5 Å². The molecule has 0 saturated carbocycles. The van der Waals surface area contributed by atoms with Crippen molar-refractivity contribution in [3.8, 4) is 11.5 Å². The Bertz CT molecular complexity index is 537. The number of thioether (sulfide) groups is 1. The first-order valence-corrected chi connectivity index (χ1v) is 8.45. The Balaban J connectivity index is 2.22. The summed E-state index contributed by atoms with van der Waals surface area (Å²) in [5.41, 5.74) is 0.168. The molecule has 1 aliphatic rings. The fourth-order valence-corrected chi connectivity index (χ4v) is 3.32. The normalized spacial score (nSPS) is 17.6. The molecule has 0 spiro atoms. The molecule has 1 aromatic carbocycles. The maximum atomic E-state index is 12.1. The first-order valence-electron chi connectivity index (χ1n) is 7.30. The molecule has 0 amide bonds. The average molecular weight is 324 g/mol. The first kappa shape index (κ1) is 16.7. The van der Waals surface area contributed by atoms with Crippen molar-refractivity contribution in [2.45, 2.75) is 25.9 Å². The third-order valence-electron chi connectivity index (χ3n) is 3.30. The molecule has 0 radical (unpaired) electrons. The van der Waals surface area contributed by atoms with Gasteiger partial charge in [-0.2, -0.15) is 11.8 Å². The second-order valence-electron chi connectivity index (χ2n) is 4.84. The van der Waals surface area contributed by atoms with Crippen molar-refractivity contribution in [1.82, 2.24) is 0 Å². The number of rotatable bonds is 6. The van der Waals surface area contributed by atoms with Crippen LogP contribution >= 0.6 is 11.8 Å². The second kappa shape index (κ2) is 8.08. The van der Waals surface area contributed by atoms with E-state index in [2.05, 4.69) is 0 Å². The highest BCUT2D eigenvalue weighted by molar-refractivity contribution is 7.99. The molecule has 0 N–H and O–H groups in total. The second-order valence-corrected chi connectivity index (χ2v) is 5.99. The van der Waals surface area contributed by atoms with Gasteiger partial charge in [-0.05, 0) is 37.7 Å². The monoisotopic (exact) mass is 324 g/mol. The minimum atomic E-state index is -0.883. The van der Waals surface area contributed by atoms with Crippen molar-refractivity contribution in [3.63, 3.8) is 0 Å². The summed E-state index contributed by atoms with van der Waals surface area (Å²) in [7, 11) is 1.46. The van der Waals surface area contributed by atoms with E-state index >= 15 is 0 Å². The fraction of sp³-hybridized carbons (Fsp3) is 0.500. The Morgan fingerprint density at radius 2 is 2.18 bits per heavy atom. The van der Waals surface area contributed by atoms with E-state index in [1.54, 1.807) is 25.1 Å². The van der Waals surface area contributed by atoms with Crippen molar-refractivity contribution in [3.05, 3.63) is 23.8 Å². The number of carbonyl (C=O) groups excluding carboxylic acids is 2. The van der Waals surface area contributed by atoms with Crippen LogP contribution in [0, 0.1) is 0 Å². The van der Waals surface area contributed by atoms with Crippen molar-refractivity contribution in [2.24, 2.45) is 0 Å². The van der Waals surface area contributed by atoms with Gasteiger partial charge in [-0.15, -0.1) is 0 Å². The molecule has 1 fully saturated rings. The van der Waals surface area contributed by atoms with Gasteiger partial charge in [0, 0.05) is 5.75 Å². The van der Waals surface area contributed by atoms with Crippen LogP contribution in [0.5, 0.6) is 11.5 Å². The number of carbonyl (C=O) groups is 2. The summed E-state index contributed by atoms with van der Waals surface area (Å²) in [5, 5.41) is 0. The van der Waals surface area contributed by atoms with E-state index in [1.807, 2.05) is 11.8 Å². The van der Waals surface area contributed by atoms with Crippen LogP contribution in [0.1, 0.15) is 30.1 Å². The van der Waals surface area contributed by atoms with Crippen LogP contribution in [-0.2, 0) is 9.53 Å². The van der Waals surface area contributed by atoms with Crippen LogP contribution in [-0.4, -0.2) is 43.1 Å². The Hall–Kier alpha value is -1.69. The molecule has 22 heavy (non-hydrogen) atoms. The van der Waals surface area contributed by atoms with Crippen LogP contribution in [0.25, 0.3) is 0 Å². The highest BCUT2D eigenvalue weighted by Crippen LogP contribution is 2.34. The zero-order valence-corrected chi connectivity index (χ0v) is 13.6. The molecule has 120 valence electrons. The van der Waals surface area contributed by atoms with Gasteiger partial charge < -0.3 is 14.2 Å². The summed E-state index contributed by atoms with van der Waals surface area (Å²) >= 11 is 1.85. The molecule has 1 unspecified atom stereocenters. The lowest BCUT2D eigenvalue weighted by Crippen LogP contribution is -2.24. The highest BCUT2D eigenvalue weighted by Gasteiger charge is 2.25. The van der Waals surface area contributed by atoms with Crippen molar-refractivity contribution in [2.75, 3.05) is 25.2 Å². The van der Waals surface area contributed by atoms with Crippen molar-refractivity contribution >= 4 is 23.5 Å². The van der Waals surface area contributed by atoms with Gasteiger partial charge >= 0.3 is 5.97 Å². The summed E-state index contributed by atoms with van der Waals surface area (Å²) in [6, 6.07) is 4.97. The van der Waals surface area contributed by atoms with Gasteiger partial charge in [0.25, 0.3) is 5.78 Å². The zero-order chi connectivity index (χ0) is 15.9. The van der Waals surface area contributed by atoms with Gasteiger partial charge in [-0.1, -0.05) is 6.07 Å². The summed E-state index contributed by atoms with van der Waals surface area (Å²) in [6.45, 7) is 1.81. The zero-order valence-electron chi connectivity index (χ0n) is 12.8. The average Bonchev–Trinajstić information content (AvgIpc) is 2.55. The minimum absolute atomic E-state index is 0.0978. The van der Waals surface area contributed by atoms with E-state index in [0.717, 1.165) is 24.3 Å². The molecule has 1 atom stereocenters. The van der Waals surface area contributed by atoms with E-state index in [9.17, 15) is 9.59 Å². The first-order chi connectivity index (χ1) is 10.7. The summed E-state index contributed by atoms with van der Waals surface area (Å²) in [4.78, 5) is 23.8. The fourth-order valence-electron chi connectivity index (χ4n) is 2.29. The van der Waals surface area contributed by atoms with Gasteiger partial charge in [0.1, 0.15) is 6.10 Å². The third-order valence-corrected chi connectivity index (χ3v) is 4.49. The number of hydrogen-bond acceptors (Lipinski definition) is 6. The Kier molecular flexibility index (Phi) is 6.12. The molecular weight excluding hydrogens is 304 g/mol. The molecule has 0 aliphatic carbocycles. The van der Waals surface area contributed by atoms with Crippen molar-refractivity contribution in [1.29, 1.82) is 0 Å². The van der Waals surface area contributed by atoms with Gasteiger partial charge in [-0.3, -0.25) is 4.79 Å². The molecule has 0 bridgehead atoms. The third kappa shape index (κ3) is 3.94. The maximum absolute atomic E-state index is 12.1. The SMILES string of the molecule is CCOC(=O)C(=O)c1cccc(OC2CCCSC2)c1OC. The molecular formula is C16H20O5S. The lowest BCUT2D eigenvalue weighted by Gasteiger charge is -2.24. The Labute approximate surface area is 134 Å². The van der Waals surface area contributed by atoms with Gasteiger partial charge in [0.2, 0.25) is 0 Å². The number of methoxy groups -OCH3 is 1. The van der Waals surface area contributed by atoms with E-state index in [4.69, 9.17) is 14.2 Å². The Morgan fingerprint density at radius 1 is 1.36 bits per heavy atom. The summed E-state index contributed by atoms with van der Waals surface area (Å²) < 4.78 is 16.0. The lowest BCUT2D eigenvalue weighted by atomic mass is 10.1. The molecule has 1 aromatic rings. The number of esters is 1. The van der Waals surface area contributed by atoms with Crippen molar-refractivity contribution < 1.29 is 23.8 Å². The van der Waals surface area contributed by atoms with E-state index < -0.39 is 11.8 Å². The predicted octanol–water partition coefficient (Wildman–Crippen LogP) is 2.72. The van der Waals surface area contributed by atoms with Gasteiger partial charge in [0.05, 0.1) is 19.3 Å². The van der Waals surface area contributed by atoms with Crippen LogP contribution in [0.3, 0.4) is 0 Å². The number of hydrogen-bond donors (Lipinski definition) is 0. The lowest BCUT2D eigenvalue weighted by molar-refractivity contribution is -0.137. The predicted molar refractivity (Wildman–Crippen MR) is 84.9 cm³/mol. The quantitative estimate of drug-likeness (QED) is 0.455. The van der Waals surface area contributed by atoms with Gasteiger partial charge in [-0.25, -0.2) is 4.79 Å². The van der Waals surface area contributed by atoms with E-state index in [-0.39, 0.29) is 24.0 Å². The smallest absolute Gasteiger partial charge is 0.379 e. The number of para-hydroxylation sites is 1. The van der Waals surface area contributed by atoms with Crippen LogP contribution in [0.4, 0.5) is 0 Å². The van der Waals surface area contributed by atoms with Crippen LogP contribution < -0.4 is 9.47 Å². The minimum Gasteiger partial charge on any atom is -0.492 e. The summed E-state index contributed by atoms with van der Waals surface area (Å²) in [5.74, 6) is 1.24. The largest absolute Gasteiger partial charge is 0.492 e. The molecule has 1 saturated heterocycles. The number of benzene rings is 1. The van der Waals surface area contributed by atoms with E-state index in [0.29, 0.717) is 5.75 Å². The molecule has 5 nitrogen and oxygen atoms in total. The highest BCUT2D eigenvalue weighted by atomic mass is 32.2. The molecule has 1 aliphatic heterocycles. The van der Waals surface area contributed by atoms with E-state index in [1.165, 1.54) is 7.11 Å². The molecule has 2 rings (SSSR count). The number of ketones is 1. The number of Topliss-reactive ketones (excluding diaryl/α,β-unsaturated/α-hetero) is 1. The standard InChI is InChI=1S/C16H20O5S/c1-3-20-16(18)14(17)12-7-4-8-13(15(12)19-2)21-11-6-5-9-22-10-11/h4,7-8,11H,3,5-6,9-10H2,1-2H3. The molecule has 1 heterocycles. The summed E-state index contributed by atoms with van der Waals surface area (Å²) in [6.07, 6.45) is 2.19.